The van der Waals surface area contributed by atoms with Crippen molar-refractivity contribution in [3.63, 3.8) is 0 Å². The number of aromatic nitrogens is 3. The third-order valence-corrected chi connectivity index (χ3v) is 6.02. The van der Waals surface area contributed by atoms with Crippen molar-refractivity contribution >= 4 is 22.5 Å². The Kier molecular flexibility index (Phi) is 5.94. The van der Waals surface area contributed by atoms with E-state index in [4.69, 9.17) is 0 Å². The molecule has 1 N–H and O–H groups in total. The van der Waals surface area contributed by atoms with E-state index in [2.05, 4.69) is 37.1 Å². The van der Waals surface area contributed by atoms with Gasteiger partial charge in [-0.05, 0) is 51.1 Å². The van der Waals surface area contributed by atoms with Gasteiger partial charge in [-0.15, -0.1) is 0 Å². The molecule has 4 rings (SSSR count). The number of benzene rings is 1. The van der Waals surface area contributed by atoms with Crippen molar-refractivity contribution in [1.29, 1.82) is 0 Å². The highest BCUT2D eigenvalue weighted by atomic mass is 19.4. The summed E-state index contributed by atoms with van der Waals surface area (Å²) in [6.07, 6.45) is -2.57. The van der Waals surface area contributed by atoms with E-state index in [0.29, 0.717) is 22.9 Å². The number of hydrogen-bond acceptors (Lipinski definition) is 6. The molecule has 1 aliphatic heterocycles. The Bertz CT molecular complexity index is 1120. The third kappa shape index (κ3) is 4.48. The van der Waals surface area contributed by atoms with E-state index in [0.717, 1.165) is 43.3 Å². The topological polar surface area (TPSA) is 57.2 Å². The zero-order chi connectivity index (χ0) is 23.0. The normalized spacial score (nSPS) is 16.4. The van der Waals surface area contributed by atoms with Crippen molar-refractivity contribution in [2.45, 2.75) is 33.0 Å². The minimum absolute atomic E-state index is 0.214. The van der Waals surface area contributed by atoms with Gasteiger partial charge in [-0.1, -0.05) is 12.1 Å². The van der Waals surface area contributed by atoms with Crippen LogP contribution in [0.2, 0.25) is 0 Å². The fourth-order valence-electron chi connectivity index (χ4n) is 4.17. The number of alkyl halides is 3. The number of rotatable bonds is 4. The van der Waals surface area contributed by atoms with Gasteiger partial charge in [-0.3, -0.25) is 0 Å². The van der Waals surface area contributed by atoms with Crippen LogP contribution in [0, 0.1) is 13.8 Å². The van der Waals surface area contributed by atoms with Gasteiger partial charge in [0.25, 0.3) is 0 Å². The van der Waals surface area contributed by atoms with Crippen LogP contribution in [0.3, 0.4) is 0 Å². The van der Waals surface area contributed by atoms with Crippen molar-refractivity contribution in [2.75, 3.05) is 43.4 Å². The highest BCUT2D eigenvalue weighted by molar-refractivity contribution is 5.89. The third-order valence-electron chi connectivity index (χ3n) is 6.02. The monoisotopic (exact) mass is 444 g/mol. The zero-order valence-electron chi connectivity index (χ0n) is 18.7. The SMILES string of the molecule is Cc1nc(NC(C)c2cccc(C(F)(F)F)c2C)c2cc(N3CCN(C)CC3)cnc2n1. The van der Waals surface area contributed by atoms with Crippen LogP contribution in [0.5, 0.6) is 0 Å². The molecule has 0 radical (unpaired) electrons. The second-order valence-electron chi connectivity index (χ2n) is 8.36. The molecule has 2 aromatic heterocycles. The lowest BCUT2D eigenvalue weighted by atomic mass is 9.97. The van der Waals surface area contributed by atoms with E-state index >= 15 is 0 Å². The summed E-state index contributed by atoms with van der Waals surface area (Å²) in [6, 6.07) is 5.90. The Labute approximate surface area is 185 Å². The minimum Gasteiger partial charge on any atom is -0.368 e. The number of fused-ring (bicyclic) bond motifs is 1. The van der Waals surface area contributed by atoms with E-state index in [-0.39, 0.29) is 11.6 Å². The first kappa shape index (κ1) is 22.3. The number of anilines is 2. The standard InChI is InChI=1S/C23H27F3N6/c1-14-18(6-5-7-20(14)23(24,25)26)15(2)28-22-19-12-17(32-10-8-31(4)9-11-32)13-27-21(19)29-16(3)30-22/h5-7,12-13,15H,8-11H2,1-4H3,(H,27,28,29,30). The quantitative estimate of drug-likeness (QED) is 0.636. The van der Waals surface area contributed by atoms with E-state index < -0.39 is 11.7 Å². The summed E-state index contributed by atoms with van der Waals surface area (Å²) in [5.74, 6) is 1.12. The van der Waals surface area contributed by atoms with Gasteiger partial charge in [0.1, 0.15) is 11.6 Å². The molecule has 32 heavy (non-hydrogen) atoms. The summed E-state index contributed by atoms with van der Waals surface area (Å²) < 4.78 is 40.1. The number of aryl methyl sites for hydroxylation is 1. The van der Waals surface area contributed by atoms with Gasteiger partial charge >= 0.3 is 6.18 Å². The predicted octanol–water partition coefficient (Wildman–Crippen LogP) is 4.59. The first-order valence-electron chi connectivity index (χ1n) is 10.6. The highest BCUT2D eigenvalue weighted by Gasteiger charge is 2.33. The first-order chi connectivity index (χ1) is 15.1. The summed E-state index contributed by atoms with van der Waals surface area (Å²) >= 11 is 0. The summed E-state index contributed by atoms with van der Waals surface area (Å²) in [5.41, 5.74) is 1.72. The molecular formula is C23H27F3N6. The molecule has 3 heterocycles. The molecule has 0 bridgehead atoms. The first-order valence-corrected chi connectivity index (χ1v) is 10.6. The van der Waals surface area contributed by atoms with E-state index in [1.165, 1.54) is 13.0 Å². The van der Waals surface area contributed by atoms with Crippen LogP contribution in [-0.4, -0.2) is 53.1 Å². The average Bonchev–Trinajstić information content (AvgIpc) is 2.73. The predicted molar refractivity (Wildman–Crippen MR) is 120 cm³/mol. The molecule has 1 fully saturated rings. The molecule has 3 aromatic rings. The lowest BCUT2D eigenvalue weighted by molar-refractivity contribution is -0.138. The van der Waals surface area contributed by atoms with Crippen molar-refractivity contribution in [2.24, 2.45) is 0 Å². The van der Waals surface area contributed by atoms with Crippen LogP contribution in [-0.2, 0) is 6.18 Å². The van der Waals surface area contributed by atoms with Gasteiger partial charge in [0.2, 0.25) is 0 Å². The molecule has 6 nitrogen and oxygen atoms in total. The molecule has 9 heteroatoms. The Morgan fingerprint density at radius 3 is 2.47 bits per heavy atom. The van der Waals surface area contributed by atoms with Crippen molar-refractivity contribution in [3.05, 3.63) is 53.0 Å². The van der Waals surface area contributed by atoms with Crippen LogP contribution in [0.1, 0.15) is 35.5 Å². The van der Waals surface area contributed by atoms with Gasteiger partial charge in [0, 0.05) is 26.2 Å². The van der Waals surface area contributed by atoms with Crippen molar-refractivity contribution in [3.8, 4) is 0 Å². The lowest BCUT2D eigenvalue weighted by Crippen LogP contribution is -2.44. The number of likely N-dealkylation sites (N-methyl/N-ethyl adjacent to an activating group) is 1. The van der Waals surface area contributed by atoms with Crippen LogP contribution in [0.25, 0.3) is 11.0 Å². The lowest BCUT2D eigenvalue weighted by Gasteiger charge is -2.34. The largest absolute Gasteiger partial charge is 0.416 e. The molecular weight excluding hydrogens is 417 g/mol. The summed E-state index contributed by atoms with van der Waals surface area (Å²) in [7, 11) is 2.10. The van der Waals surface area contributed by atoms with Gasteiger partial charge in [0.15, 0.2) is 5.65 Å². The molecule has 0 amide bonds. The van der Waals surface area contributed by atoms with Crippen molar-refractivity contribution < 1.29 is 13.2 Å². The maximum atomic E-state index is 13.4. The molecule has 0 saturated carbocycles. The van der Waals surface area contributed by atoms with Gasteiger partial charge < -0.3 is 15.1 Å². The second-order valence-corrected chi connectivity index (χ2v) is 8.36. The molecule has 0 aliphatic carbocycles. The van der Waals surface area contributed by atoms with Crippen molar-refractivity contribution in [1.82, 2.24) is 19.9 Å². The average molecular weight is 445 g/mol. The summed E-state index contributed by atoms with van der Waals surface area (Å²) in [6.45, 7) is 8.87. The maximum absolute atomic E-state index is 13.4. The number of hydrogen-bond donors (Lipinski definition) is 1. The van der Waals surface area contributed by atoms with Crippen LogP contribution < -0.4 is 10.2 Å². The van der Waals surface area contributed by atoms with E-state index in [1.807, 2.05) is 19.2 Å². The molecule has 1 aliphatic rings. The van der Waals surface area contributed by atoms with Gasteiger partial charge in [-0.2, -0.15) is 13.2 Å². The Morgan fingerprint density at radius 2 is 1.78 bits per heavy atom. The number of nitrogens with one attached hydrogen (secondary N) is 1. The molecule has 1 unspecified atom stereocenters. The van der Waals surface area contributed by atoms with E-state index in [9.17, 15) is 13.2 Å². The maximum Gasteiger partial charge on any atom is 0.416 e. The summed E-state index contributed by atoms with van der Waals surface area (Å²) in [4.78, 5) is 18.1. The van der Waals surface area contributed by atoms with E-state index in [1.54, 1.807) is 13.0 Å². The highest BCUT2D eigenvalue weighted by Crippen LogP contribution is 2.35. The zero-order valence-corrected chi connectivity index (χ0v) is 18.7. The smallest absolute Gasteiger partial charge is 0.368 e. The Balaban J connectivity index is 1.69. The van der Waals surface area contributed by atoms with Crippen LogP contribution in [0.15, 0.2) is 30.5 Å². The fourth-order valence-corrected chi connectivity index (χ4v) is 4.17. The molecule has 170 valence electrons. The summed E-state index contributed by atoms with van der Waals surface area (Å²) in [5, 5.41) is 4.07. The van der Waals surface area contributed by atoms with Gasteiger partial charge in [0.05, 0.1) is 28.9 Å². The minimum atomic E-state index is -4.39. The molecule has 1 aromatic carbocycles. The molecule has 0 spiro atoms. The number of halogens is 3. The Morgan fingerprint density at radius 1 is 1.06 bits per heavy atom. The van der Waals surface area contributed by atoms with Gasteiger partial charge in [-0.25, -0.2) is 15.0 Å². The van der Waals surface area contributed by atoms with Crippen LogP contribution >= 0.6 is 0 Å². The van der Waals surface area contributed by atoms with Crippen LogP contribution in [0.4, 0.5) is 24.7 Å². The number of nitrogens with zero attached hydrogens (tertiary/aromatic N) is 5. The number of pyridine rings is 1. The molecule has 1 saturated heterocycles. The Hall–Kier alpha value is -2.94. The molecule has 1 atom stereocenters. The fraction of sp³-hybridized carbons (Fsp3) is 0.435. The second kappa shape index (κ2) is 8.54. The number of piperazine rings is 1.